The number of thiophene rings is 2. The summed E-state index contributed by atoms with van der Waals surface area (Å²) in [6, 6.07) is 3.29. The normalized spacial score (nSPS) is 15.3. The van der Waals surface area contributed by atoms with Crippen LogP contribution in [0.25, 0.3) is 10.2 Å². The zero-order valence-electron chi connectivity index (χ0n) is 17.8. The molecule has 9 nitrogen and oxygen atoms in total. The fraction of sp³-hybridized carbons (Fsp3) is 0.450. The predicted octanol–water partition coefficient (Wildman–Crippen LogP) is 1.93. The van der Waals surface area contributed by atoms with Crippen molar-refractivity contribution in [2.45, 2.75) is 37.4 Å². The maximum atomic E-state index is 12.7. The van der Waals surface area contributed by atoms with E-state index in [9.17, 15) is 18.0 Å². The molecule has 172 valence electrons. The van der Waals surface area contributed by atoms with Gasteiger partial charge >= 0.3 is 0 Å². The van der Waals surface area contributed by atoms with Crippen molar-refractivity contribution in [3.8, 4) is 0 Å². The van der Waals surface area contributed by atoms with Crippen LogP contribution in [0.15, 0.2) is 21.1 Å². The number of aromatic nitrogens is 2. The molecule has 0 spiro atoms. The molecule has 0 aliphatic carbocycles. The standard InChI is InChI=1S/C20H24N4O5S3/c1-12-13(2)30-20-18(12)19(26)22-15(23-20)4-5-16(25)21-11-14-3-6-17(31-14)32(27,28)24-7-9-29-10-8-24/h3,6H,4-5,7-11H2,1-2H3,(H,21,25)(H,22,23,26). The number of nitrogens with one attached hydrogen (secondary N) is 2. The lowest BCUT2D eigenvalue weighted by Crippen LogP contribution is -2.40. The third-order valence-corrected chi connectivity index (χ3v) is 9.89. The number of morpholine rings is 1. The minimum atomic E-state index is -3.53. The summed E-state index contributed by atoms with van der Waals surface area (Å²) in [5, 5.41) is 3.42. The van der Waals surface area contributed by atoms with E-state index in [2.05, 4.69) is 15.3 Å². The Hall–Kier alpha value is -2.12. The molecule has 32 heavy (non-hydrogen) atoms. The van der Waals surface area contributed by atoms with Crippen LogP contribution < -0.4 is 10.9 Å². The molecule has 1 aliphatic heterocycles. The van der Waals surface area contributed by atoms with Crippen molar-refractivity contribution >= 4 is 48.8 Å². The van der Waals surface area contributed by atoms with E-state index in [0.29, 0.717) is 48.8 Å². The van der Waals surface area contributed by atoms with Crippen molar-refractivity contribution in [2.75, 3.05) is 26.3 Å². The smallest absolute Gasteiger partial charge is 0.259 e. The van der Waals surface area contributed by atoms with Gasteiger partial charge in [-0.05, 0) is 31.5 Å². The first kappa shape index (κ1) is 23.1. The molecule has 4 rings (SSSR count). The third-order valence-electron chi connectivity index (χ3n) is 5.34. The molecular weight excluding hydrogens is 472 g/mol. The lowest BCUT2D eigenvalue weighted by atomic mass is 10.2. The van der Waals surface area contributed by atoms with Crippen LogP contribution in [0.2, 0.25) is 0 Å². The highest BCUT2D eigenvalue weighted by molar-refractivity contribution is 7.91. The Morgan fingerprint density at radius 3 is 2.75 bits per heavy atom. The van der Waals surface area contributed by atoms with Crippen LogP contribution in [0.1, 0.15) is 27.6 Å². The van der Waals surface area contributed by atoms with Gasteiger partial charge in [0.15, 0.2) is 0 Å². The summed E-state index contributed by atoms with van der Waals surface area (Å²) in [4.78, 5) is 34.4. The number of fused-ring (bicyclic) bond motifs is 1. The second kappa shape index (κ2) is 9.40. The van der Waals surface area contributed by atoms with E-state index in [-0.39, 0.29) is 28.6 Å². The lowest BCUT2D eigenvalue weighted by molar-refractivity contribution is -0.121. The number of hydrogen-bond acceptors (Lipinski definition) is 8. The van der Waals surface area contributed by atoms with Gasteiger partial charge in [0, 0.05) is 35.7 Å². The van der Waals surface area contributed by atoms with Gasteiger partial charge in [-0.15, -0.1) is 22.7 Å². The maximum absolute atomic E-state index is 12.7. The topological polar surface area (TPSA) is 121 Å². The molecule has 3 aromatic rings. The SMILES string of the molecule is Cc1sc2nc(CCC(=O)NCc3ccc(S(=O)(=O)N4CCOCC4)s3)[nH]c(=O)c2c1C. The number of carbonyl (C=O) groups is 1. The fourth-order valence-corrected chi connectivity index (χ4v) is 7.34. The quantitative estimate of drug-likeness (QED) is 0.516. The molecule has 0 saturated carbocycles. The summed E-state index contributed by atoms with van der Waals surface area (Å²) in [6.07, 6.45) is 0.482. The van der Waals surface area contributed by atoms with E-state index >= 15 is 0 Å². The zero-order valence-corrected chi connectivity index (χ0v) is 20.2. The Morgan fingerprint density at radius 2 is 2.00 bits per heavy atom. The van der Waals surface area contributed by atoms with E-state index < -0.39 is 10.0 Å². The van der Waals surface area contributed by atoms with E-state index in [1.54, 1.807) is 12.1 Å². The van der Waals surface area contributed by atoms with E-state index in [0.717, 1.165) is 26.7 Å². The molecule has 0 bridgehead atoms. The number of amides is 1. The zero-order chi connectivity index (χ0) is 22.9. The molecule has 1 fully saturated rings. The van der Waals surface area contributed by atoms with Crippen molar-refractivity contribution < 1.29 is 17.9 Å². The first-order valence-corrected chi connectivity index (χ1v) is 13.2. The van der Waals surface area contributed by atoms with Crippen LogP contribution in [-0.2, 0) is 32.5 Å². The Labute approximate surface area is 193 Å². The van der Waals surface area contributed by atoms with Crippen molar-refractivity contribution in [1.29, 1.82) is 0 Å². The van der Waals surface area contributed by atoms with Gasteiger partial charge in [0.25, 0.3) is 15.6 Å². The van der Waals surface area contributed by atoms with Crippen LogP contribution in [0.5, 0.6) is 0 Å². The number of H-pyrrole nitrogens is 1. The second-order valence-corrected chi connectivity index (χ2v) is 12.0. The second-order valence-electron chi connectivity index (χ2n) is 7.49. The average Bonchev–Trinajstić information content (AvgIpc) is 3.36. The molecule has 0 radical (unpaired) electrons. The van der Waals surface area contributed by atoms with Gasteiger partial charge in [0.1, 0.15) is 14.9 Å². The first-order chi connectivity index (χ1) is 15.3. The first-order valence-electron chi connectivity index (χ1n) is 10.2. The Bertz CT molecular complexity index is 1300. The minimum Gasteiger partial charge on any atom is -0.379 e. The van der Waals surface area contributed by atoms with Crippen LogP contribution in [0.3, 0.4) is 0 Å². The number of aryl methyl sites for hydroxylation is 3. The summed E-state index contributed by atoms with van der Waals surface area (Å²) >= 11 is 2.63. The predicted molar refractivity (Wildman–Crippen MR) is 124 cm³/mol. The average molecular weight is 497 g/mol. The van der Waals surface area contributed by atoms with Gasteiger partial charge in [-0.3, -0.25) is 9.59 Å². The highest BCUT2D eigenvalue weighted by atomic mass is 32.2. The molecule has 1 saturated heterocycles. The molecule has 12 heteroatoms. The Balaban J connectivity index is 1.33. The molecule has 0 aromatic carbocycles. The van der Waals surface area contributed by atoms with Crippen molar-refractivity contribution in [2.24, 2.45) is 0 Å². The van der Waals surface area contributed by atoms with Gasteiger partial charge in [-0.25, -0.2) is 13.4 Å². The fourth-order valence-electron chi connectivity index (χ4n) is 3.43. The number of hydrogen-bond donors (Lipinski definition) is 2. The number of carbonyl (C=O) groups excluding carboxylic acids is 1. The molecule has 0 atom stereocenters. The summed E-state index contributed by atoms with van der Waals surface area (Å²) in [6.45, 7) is 5.58. The Morgan fingerprint density at radius 1 is 1.25 bits per heavy atom. The van der Waals surface area contributed by atoms with Crippen LogP contribution in [0.4, 0.5) is 0 Å². The highest BCUT2D eigenvalue weighted by Gasteiger charge is 2.27. The highest BCUT2D eigenvalue weighted by Crippen LogP contribution is 2.26. The maximum Gasteiger partial charge on any atom is 0.259 e. The summed E-state index contributed by atoms with van der Waals surface area (Å²) in [5.41, 5.74) is 0.758. The van der Waals surface area contributed by atoms with Crippen LogP contribution in [0, 0.1) is 13.8 Å². The van der Waals surface area contributed by atoms with Gasteiger partial charge in [-0.2, -0.15) is 4.31 Å². The number of ether oxygens (including phenoxy) is 1. The molecule has 2 N–H and O–H groups in total. The van der Waals surface area contributed by atoms with Gasteiger partial charge in [-0.1, -0.05) is 0 Å². The molecule has 1 amide bonds. The summed E-state index contributed by atoms with van der Waals surface area (Å²) < 4.78 is 32.3. The molecular formula is C20H24N4O5S3. The minimum absolute atomic E-state index is 0.169. The molecule has 1 aliphatic rings. The summed E-state index contributed by atoms with van der Waals surface area (Å²) in [5.74, 6) is 0.284. The van der Waals surface area contributed by atoms with Crippen molar-refractivity contribution in [3.63, 3.8) is 0 Å². The molecule has 0 unspecified atom stereocenters. The molecule has 4 heterocycles. The van der Waals surface area contributed by atoms with E-state index in [1.807, 2.05) is 13.8 Å². The van der Waals surface area contributed by atoms with E-state index in [1.165, 1.54) is 15.6 Å². The van der Waals surface area contributed by atoms with Crippen molar-refractivity contribution in [3.05, 3.63) is 43.6 Å². The van der Waals surface area contributed by atoms with Crippen molar-refractivity contribution in [1.82, 2.24) is 19.6 Å². The number of rotatable bonds is 7. The van der Waals surface area contributed by atoms with Gasteiger partial charge in [0.2, 0.25) is 5.91 Å². The van der Waals surface area contributed by atoms with Crippen LogP contribution >= 0.6 is 22.7 Å². The number of sulfonamides is 1. The number of aromatic amines is 1. The monoisotopic (exact) mass is 496 g/mol. The number of nitrogens with zero attached hydrogens (tertiary/aromatic N) is 2. The van der Waals surface area contributed by atoms with Crippen LogP contribution in [-0.4, -0.2) is 54.9 Å². The largest absolute Gasteiger partial charge is 0.379 e. The van der Waals surface area contributed by atoms with E-state index in [4.69, 9.17) is 4.74 Å². The Kier molecular flexibility index (Phi) is 6.77. The lowest BCUT2D eigenvalue weighted by Gasteiger charge is -2.25. The summed E-state index contributed by atoms with van der Waals surface area (Å²) in [7, 11) is -3.53. The van der Waals surface area contributed by atoms with Gasteiger partial charge in [0.05, 0.1) is 25.1 Å². The van der Waals surface area contributed by atoms with Gasteiger partial charge < -0.3 is 15.0 Å². The molecule has 3 aromatic heterocycles. The third kappa shape index (κ3) is 4.79.